The van der Waals surface area contributed by atoms with E-state index in [9.17, 15) is 4.79 Å². The van der Waals surface area contributed by atoms with E-state index in [0.29, 0.717) is 11.3 Å². The second-order valence-electron chi connectivity index (χ2n) is 5.79. The molecule has 0 aliphatic carbocycles. The maximum Gasteiger partial charge on any atom is 0.415 e. The molecule has 3 rings (SSSR count). The van der Waals surface area contributed by atoms with Crippen molar-refractivity contribution in [1.82, 2.24) is 9.88 Å². The zero-order valence-corrected chi connectivity index (χ0v) is 16.1. The number of likely N-dealkylation sites (tertiary alicyclic amines) is 1. The first-order valence-corrected chi connectivity index (χ1v) is 9.37. The van der Waals surface area contributed by atoms with E-state index >= 15 is 0 Å². The van der Waals surface area contributed by atoms with Gasteiger partial charge in [0.1, 0.15) is 5.52 Å². The average molecular weight is 442 g/mol. The van der Waals surface area contributed by atoms with Crippen LogP contribution in [0.4, 0.5) is 4.79 Å². The monoisotopic (exact) mass is 440 g/mol. The second-order valence-corrected chi connectivity index (χ2v) is 7.50. The molecule has 0 unspecified atom stereocenters. The molecule has 0 N–H and O–H groups in total. The quantitative estimate of drug-likeness (QED) is 0.591. The maximum atomic E-state index is 12.5. The molecule has 1 saturated heterocycles. The third-order valence-corrected chi connectivity index (χ3v) is 5.28. The molecule has 2 heterocycles. The number of fused-ring (bicyclic) bond motifs is 1. The fraction of sp³-hybridized carbons (Fsp3) is 0.412. The standard InChI is InChI=1S/C17H18Br2N2O2/c1-11-6-7-12-13(18)10-14(19)16(15(12)20-11)23-17(22)21-8-4-2-3-5-9-21/h6-7,10H,2-5,8-9H2,1H3. The smallest absolute Gasteiger partial charge is 0.407 e. The van der Waals surface area contributed by atoms with Gasteiger partial charge in [0.2, 0.25) is 0 Å². The number of benzene rings is 1. The van der Waals surface area contributed by atoms with Crippen LogP contribution in [-0.2, 0) is 0 Å². The van der Waals surface area contributed by atoms with Crippen molar-refractivity contribution >= 4 is 48.9 Å². The Morgan fingerprint density at radius 3 is 2.52 bits per heavy atom. The zero-order valence-electron chi connectivity index (χ0n) is 12.9. The van der Waals surface area contributed by atoms with Gasteiger partial charge in [0.15, 0.2) is 5.75 Å². The number of aromatic nitrogens is 1. The SMILES string of the molecule is Cc1ccc2c(Br)cc(Br)c(OC(=O)N3CCCCCC3)c2n1. The largest absolute Gasteiger partial charge is 0.415 e. The minimum Gasteiger partial charge on any atom is -0.407 e. The number of rotatable bonds is 1. The van der Waals surface area contributed by atoms with Crippen LogP contribution in [-0.4, -0.2) is 29.1 Å². The van der Waals surface area contributed by atoms with Gasteiger partial charge in [0.25, 0.3) is 0 Å². The Morgan fingerprint density at radius 2 is 1.83 bits per heavy atom. The van der Waals surface area contributed by atoms with Crippen molar-refractivity contribution in [3.05, 3.63) is 32.8 Å². The molecule has 122 valence electrons. The summed E-state index contributed by atoms with van der Waals surface area (Å²) in [6, 6.07) is 5.82. The topological polar surface area (TPSA) is 42.4 Å². The van der Waals surface area contributed by atoms with Crippen LogP contribution in [0.3, 0.4) is 0 Å². The van der Waals surface area contributed by atoms with Crippen molar-refractivity contribution in [3.63, 3.8) is 0 Å². The molecule has 0 atom stereocenters. The van der Waals surface area contributed by atoms with Gasteiger partial charge in [-0.2, -0.15) is 0 Å². The number of pyridine rings is 1. The van der Waals surface area contributed by atoms with E-state index < -0.39 is 0 Å². The van der Waals surface area contributed by atoms with E-state index in [-0.39, 0.29) is 6.09 Å². The van der Waals surface area contributed by atoms with Crippen LogP contribution in [0.2, 0.25) is 0 Å². The van der Waals surface area contributed by atoms with Crippen molar-refractivity contribution in [2.24, 2.45) is 0 Å². The van der Waals surface area contributed by atoms with Crippen molar-refractivity contribution < 1.29 is 9.53 Å². The maximum absolute atomic E-state index is 12.5. The van der Waals surface area contributed by atoms with E-state index in [4.69, 9.17) is 4.74 Å². The molecule has 1 aromatic heterocycles. The molecular formula is C17H18Br2N2O2. The molecule has 2 aromatic rings. The van der Waals surface area contributed by atoms with E-state index in [1.54, 1.807) is 4.90 Å². The Bertz CT molecular complexity index is 741. The Kier molecular flexibility index (Phi) is 5.21. The first-order valence-electron chi connectivity index (χ1n) is 7.78. The minimum absolute atomic E-state index is 0.292. The van der Waals surface area contributed by atoms with Crippen LogP contribution in [0, 0.1) is 6.92 Å². The van der Waals surface area contributed by atoms with Gasteiger partial charge < -0.3 is 9.64 Å². The summed E-state index contributed by atoms with van der Waals surface area (Å²) in [5.41, 5.74) is 1.57. The lowest BCUT2D eigenvalue weighted by Crippen LogP contribution is -2.34. The van der Waals surface area contributed by atoms with Gasteiger partial charge in [-0.15, -0.1) is 0 Å². The van der Waals surface area contributed by atoms with Gasteiger partial charge >= 0.3 is 6.09 Å². The summed E-state index contributed by atoms with van der Waals surface area (Å²) >= 11 is 7.03. The summed E-state index contributed by atoms with van der Waals surface area (Å²) in [5, 5.41) is 0.928. The van der Waals surface area contributed by atoms with E-state index in [2.05, 4.69) is 36.8 Å². The molecule has 0 spiro atoms. The predicted molar refractivity (Wildman–Crippen MR) is 97.9 cm³/mol. The number of ether oxygens (including phenoxy) is 1. The van der Waals surface area contributed by atoms with Gasteiger partial charge in [-0.05, 0) is 53.9 Å². The number of hydrogen-bond acceptors (Lipinski definition) is 3. The summed E-state index contributed by atoms with van der Waals surface area (Å²) in [6.07, 6.45) is 4.13. The summed E-state index contributed by atoms with van der Waals surface area (Å²) in [6.45, 7) is 3.45. The Labute approximate surface area is 152 Å². The Morgan fingerprint density at radius 1 is 1.13 bits per heavy atom. The lowest BCUT2D eigenvalue weighted by atomic mass is 10.2. The number of hydrogen-bond donors (Lipinski definition) is 0. The van der Waals surface area contributed by atoms with Crippen LogP contribution in [0.1, 0.15) is 31.4 Å². The normalized spacial score (nSPS) is 15.5. The highest BCUT2D eigenvalue weighted by Crippen LogP contribution is 2.38. The van der Waals surface area contributed by atoms with E-state index in [1.165, 1.54) is 12.8 Å². The molecule has 1 amide bonds. The molecule has 1 aromatic carbocycles. The van der Waals surface area contributed by atoms with Gasteiger partial charge in [0.05, 0.1) is 4.47 Å². The van der Waals surface area contributed by atoms with Crippen LogP contribution in [0.25, 0.3) is 10.9 Å². The lowest BCUT2D eigenvalue weighted by molar-refractivity contribution is 0.154. The molecule has 0 saturated carbocycles. The highest BCUT2D eigenvalue weighted by atomic mass is 79.9. The summed E-state index contributed by atoms with van der Waals surface area (Å²) < 4.78 is 7.36. The van der Waals surface area contributed by atoms with Gasteiger partial charge in [-0.3, -0.25) is 0 Å². The lowest BCUT2D eigenvalue weighted by Gasteiger charge is -2.20. The minimum atomic E-state index is -0.292. The molecule has 4 nitrogen and oxygen atoms in total. The number of amides is 1. The summed E-state index contributed by atoms with van der Waals surface area (Å²) in [4.78, 5) is 18.9. The van der Waals surface area contributed by atoms with Crippen molar-refractivity contribution in [2.75, 3.05) is 13.1 Å². The second kappa shape index (κ2) is 7.18. The third kappa shape index (κ3) is 3.69. The highest BCUT2D eigenvalue weighted by Gasteiger charge is 2.21. The van der Waals surface area contributed by atoms with Crippen molar-refractivity contribution in [2.45, 2.75) is 32.6 Å². The average Bonchev–Trinajstić information content (AvgIpc) is 2.80. The summed E-state index contributed by atoms with van der Waals surface area (Å²) in [5.74, 6) is 0.487. The Balaban J connectivity index is 1.95. The number of halogens is 2. The van der Waals surface area contributed by atoms with E-state index in [1.807, 2.05) is 25.1 Å². The first kappa shape index (κ1) is 16.7. The number of aryl methyl sites for hydroxylation is 1. The molecule has 1 aliphatic rings. The van der Waals surface area contributed by atoms with Crippen LogP contribution >= 0.6 is 31.9 Å². The third-order valence-electron chi connectivity index (χ3n) is 4.03. The predicted octanol–water partition coefficient (Wildman–Crippen LogP) is 5.44. The molecule has 1 aliphatic heterocycles. The van der Waals surface area contributed by atoms with Crippen molar-refractivity contribution in [1.29, 1.82) is 0 Å². The molecule has 1 fully saturated rings. The highest BCUT2D eigenvalue weighted by molar-refractivity contribution is 9.11. The molecule has 0 bridgehead atoms. The number of nitrogens with zero attached hydrogens (tertiary/aromatic N) is 2. The van der Waals surface area contributed by atoms with Gasteiger partial charge in [0, 0.05) is 28.6 Å². The van der Waals surface area contributed by atoms with Crippen LogP contribution in [0.5, 0.6) is 5.75 Å². The molecule has 23 heavy (non-hydrogen) atoms. The van der Waals surface area contributed by atoms with Crippen LogP contribution in [0.15, 0.2) is 27.1 Å². The van der Waals surface area contributed by atoms with E-state index in [0.717, 1.165) is 46.0 Å². The number of carbonyl (C=O) groups excluding carboxylic acids is 1. The summed E-state index contributed by atoms with van der Waals surface area (Å²) in [7, 11) is 0. The van der Waals surface area contributed by atoms with Crippen molar-refractivity contribution in [3.8, 4) is 5.75 Å². The van der Waals surface area contributed by atoms with Gasteiger partial charge in [-0.1, -0.05) is 28.8 Å². The van der Waals surface area contributed by atoms with Crippen LogP contribution < -0.4 is 4.74 Å². The molecule has 0 radical (unpaired) electrons. The van der Waals surface area contributed by atoms with Gasteiger partial charge in [-0.25, -0.2) is 9.78 Å². The Hall–Kier alpha value is -1.14. The fourth-order valence-corrected chi connectivity index (χ4v) is 4.15. The molecular weight excluding hydrogens is 424 g/mol. The number of carbonyl (C=O) groups is 1. The first-order chi connectivity index (χ1) is 11.1. The fourth-order valence-electron chi connectivity index (χ4n) is 2.79. The molecule has 6 heteroatoms. The zero-order chi connectivity index (χ0) is 16.4.